The second-order valence-corrected chi connectivity index (χ2v) is 6.13. The van der Waals surface area contributed by atoms with Crippen molar-refractivity contribution in [3.63, 3.8) is 0 Å². The zero-order valence-electron chi connectivity index (χ0n) is 12.7. The van der Waals surface area contributed by atoms with E-state index < -0.39 is 5.97 Å². The number of carboxylic acids is 1. The van der Waals surface area contributed by atoms with Crippen molar-refractivity contribution in [3.8, 4) is 5.75 Å². The summed E-state index contributed by atoms with van der Waals surface area (Å²) in [5, 5.41) is 9.18. The second kappa shape index (κ2) is 5.99. The number of hydrogen-bond acceptors (Lipinski definition) is 3. The van der Waals surface area contributed by atoms with Gasteiger partial charge in [-0.15, -0.1) is 0 Å². The first-order valence-electron chi connectivity index (χ1n) is 7.81. The molecule has 0 radical (unpaired) electrons. The molecule has 1 aliphatic heterocycles. The molecule has 1 aliphatic carbocycles. The maximum Gasteiger partial charge on any atom is 0.306 e. The van der Waals surface area contributed by atoms with Gasteiger partial charge in [0.25, 0.3) is 0 Å². The van der Waals surface area contributed by atoms with Crippen molar-refractivity contribution in [2.75, 3.05) is 18.6 Å². The lowest BCUT2D eigenvalue weighted by atomic mass is 9.80. The van der Waals surface area contributed by atoms with E-state index in [1.807, 2.05) is 23.1 Å². The van der Waals surface area contributed by atoms with Crippen molar-refractivity contribution in [2.24, 2.45) is 11.8 Å². The van der Waals surface area contributed by atoms with Crippen molar-refractivity contribution in [1.82, 2.24) is 0 Å². The average molecular weight is 303 g/mol. The predicted octanol–water partition coefficient (Wildman–Crippen LogP) is 2.48. The molecule has 0 spiro atoms. The van der Waals surface area contributed by atoms with E-state index in [4.69, 9.17) is 4.74 Å². The summed E-state index contributed by atoms with van der Waals surface area (Å²) in [5.41, 5.74) is 2.07. The summed E-state index contributed by atoms with van der Waals surface area (Å²) in [5.74, 6) is -0.431. The summed E-state index contributed by atoms with van der Waals surface area (Å²) in [6.07, 6.45) is 3.59. The van der Waals surface area contributed by atoms with Crippen LogP contribution >= 0.6 is 0 Å². The average Bonchev–Trinajstić information content (AvgIpc) is 2.97. The molecule has 0 unspecified atom stereocenters. The minimum absolute atomic E-state index is 0.0786. The first kappa shape index (κ1) is 14.9. The molecule has 118 valence electrons. The highest BCUT2D eigenvalue weighted by Crippen LogP contribution is 2.36. The van der Waals surface area contributed by atoms with Crippen LogP contribution < -0.4 is 9.64 Å². The lowest BCUT2D eigenvalue weighted by Crippen LogP contribution is -2.38. The van der Waals surface area contributed by atoms with E-state index in [1.54, 1.807) is 7.11 Å². The first-order chi connectivity index (χ1) is 10.6. The number of carbonyl (C=O) groups excluding carboxylic acids is 1. The Morgan fingerprint density at radius 2 is 2.05 bits per heavy atom. The fourth-order valence-electron chi connectivity index (χ4n) is 3.59. The van der Waals surface area contributed by atoms with Gasteiger partial charge in [0.05, 0.1) is 13.0 Å². The van der Waals surface area contributed by atoms with E-state index in [0.717, 1.165) is 36.3 Å². The van der Waals surface area contributed by atoms with Gasteiger partial charge >= 0.3 is 5.97 Å². The Labute approximate surface area is 129 Å². The maximum absolute atomic E-state index is 12.8. The Balaban J connectivity index is 1.76. The van der Waals surface area contributed by atoms with Crippen LogP contribution in [0.25, 0.3) is 0 Å². The van der Waals surface area contributed by atoms with E-state index in [1.165, 1.54) is 0 Å². The quantitative estimate of drug-likeness (QED) is 0.931. The summed E-state index contributed by atoms with van der Waals surface area (Å²) in [7, 11) is 1.63. The van der Waals surface area contributed by atoms with Crippen LogP contribution in [0.2, 0.25) is 0 Å². The molecule has 1 N–H and O–H groups in total. The minimum Gasteiger partial charge on any atom is -0.497 e. The lowest BCUT2D eigenvalue weighted by molar-refractivity contribution is -0.143. The molecule has 1 aromatic carbocycles. The van der Waals surface area contributed by atoms with Gasteiger partial charge in [-0.05, 0) is 49.4 Å². The van der Waals surface area contributed by atoms with E-state index in [9.17, 15) is 14.7 Å². The van der Waals surface area contributed by atoms with Gasteiger partial charge in [0, 0.05) is 18.2 Å². The predicted molar refractivity (Wildman–Crippen MR) is 82.1 cm³/mol. The van der Waals surface area contributed by atoms with Crippen LogP contribution in [0.5, 0.6) is 5.75 Å². The fraction of sp³-hybridized carbons (Fsp3) is 0.529. The van der Waals surface area contributed by atoms with Crippen molar-refractivity contribution >= 4 is 17.6 Å². The molecule has 2 atom stereocenters. The Bertz CT molecular complexity index is 598. The van der Waals surface area contributed by atoms with E-state index in [0.29, 0.717) is 19.4 Å². The molecule has 22 heavy (non-hydrogen) atoms. The Morgan fingerprint density at radius 3 is 2.77 bits per heavy atom. The van der Waals surface area contributed by atoms with Gasteiger partial charge in [-0.2, -0.15) is 0 Å². The van der Waals surface area contributed by atoms with Gasteiger partial charge < -0.3 is 14.7 Å². The SMILES string of the molecule is COc1ccc2c(c1)CCN2C(=O)[C@@H]1CCC[C@H](C(=O)O)C1. The monoisotopic (exact) mass is 303 g/mol. The number of rotatable bonds is 3. The minimum atomic E-state index is -0.774. The molecule has 2 aliphatic rings. The highest BCUT2D eigenvalue weighted by atomic mass is 16.5. The topological polar surface area (TPSA) is 66.8 Å². The molecule has 3 rings (SSSR count). The normalized spacial score (nSPS) is 24.0. The molecule has 1 heterocycles. The Kier molecular flexibility index (Phi) is 4.05. The molecular formula is C17H21NO4. The number of carboxylic acid groups (broad SMARTS) is 1. The first-order valence-corrected chi connectivity index (χ1v) is 7.81. The third kappa shape index (κ3) is 2.67. The van der Waals surface area contributed by atoms with E-state index in [2.05, 4.69) is 0 Å². The molecule has 0 aromatic heterocycles. The van der Waals surface area contributed by atoms with Crippen LogP contribution in [0.3, 0.4) is 0 Å². The van der Waals surface area contributed by atoms with Crippen LogP contribution in [0.4, 0.5) is 5.69 Å². The summed E-state index contributed by atoms with van der Waals surface area (Å²) < 4.78 is 5.22. The number of amides is 1. The van der Waals surface area contributed by atoms with Crippen LogP contribution in [-0.4, -0.2) is 30.6 Å². The number of benzene rings is 1. The lowest BCUT2D eigenvalue weighted by Gasteiger charge is -2.29. The largest absolute Gasteiger partial charge is 0.497 e. The number of aliphatic carboxylic acids is 1. The van der Waals surface area contributed by atoms with Gasteiger partial charge in [0.2, 0.25) is 5.91 Å². The van der Waals surface area contributed by atoms with Crippen LogP contribution in [0.15, 0.2) is 18.2 Å². The van der Waals surface area contributed by atoms with Gasteiger partial charge in [-0.25, -0.2) is 0 Å². The number of methoxy groups -OCH3 is 1. The molecule has 5 nitrogen and oxygen atoms in total. The summed E-state index contributed by atoms with van der Waals surface area (Å²) >= 11 is 0. The molecule has 1 fully saturated rings. The third-order valence-corrected chi connectivity index (χ3v) is 4.82. The standard InChI is InChI=1S/C17H21NO4/c1-22-14-5-6-15-11(10-14)7-8-18(15)16(19)12-3-2-4-13(9-12)17(20)21/h5-6,10,12-13H,2-4,7-9H2,1H3,(H,20,21)/t12-,13+/m1/s1. The molecule has 1 amide bonds. The highest BCUT2D eigenvalue weighted by molar-refractivity contribution is 5.97. The van der Waals surface area contributed by atoms with Crippen molar-refractivity contribution in [1.29, 1.82) is 0 Å². The zero-order chi connectivity index (χ0) is 15.7. The number of nitrogens with zero attached hydrogens (tertiary/aromatic N) is 1. The molecule has 1 aromatic rings. The molecule has 0 bridgehead atoms. The molecule has 0 saturated heterocycles. The molecule has 1 saturated carbocycles. The van der Waals surface area contributed by atoms with Crippen molar-refractivity contribution in [2.45, 2.75) is 32.1 Å². The van der Waals surface area contributed by atoms with Crippen molar-refractivity contribution < 1.29 is 19.4 Å². The van der Waals surface area contributed by atoms with E-state index >= 15 is 0 Å². The highest BCUT2D eigenvalue weighted by Gasteiger charge is 2.35. The van der Waals surface area contributed by atoms with Crippen LogP contribution in [0, 0.1) is 11.8 Å². The summed E-state index contributed by atoms with van der Waals surface area (Å²) in [6.45, 7) is 0.676. The number of carbonyl (C=O) groups is 2. The number of anilines is 1. The van der Waals surface area contributed by atoms with Gasteiger partial charge in [-0.1, -0.05) is 6.42 Å². The smallest absolute Gasteiger partial charge is 0.306 e. The maximum atomic E-state index is 12.8. The van der Waals surface area contributed by atoms with E-state index in [-0.39, 0.29) is 17.7 Å². The number of fused-ring (bicyclic) bond motifs is 1. The zero-order valence-corrected chi connectivity index (χ0v) is 12.7. The second-order valence-electron chi connectivity index (χ2n) is 6.13. The Hall–Kier alpha value is -2.04. The van der Waals surface area contributed by atoms with Crippen LogP contribution in [0.1, 0.15) is 31.2 Å². The number of ether oxygens (including phenoxy) is 1. The summed E-state index contributed by atoms with van der Waals surface area (Å²) in [4.78, 5) is 25.8. The number of hydrogen-bond donors (Lipinski definition) is 1. The molecular weight excluding hydrogens is 282 g/mol. The fourth-order valence-corrected chi connectivity index (χ4v) is 3.59. The van der Waals surface area contributed by atoms with Crippen LogP contribution in [-0.2, 0) is 16.0 Å². The van der Waals surface area contributed by atoms with Gasteiger partial charge in [-0.3, -0.25) is 9.59 Å². The van der Waals surface area contributed by atoms with Gasteiger partial charge in [0.1, 0.15) is 5.75 Å². The Morgan fingerprint density at radius 1 is 1.27 bits per heavy atom. The third-order valence-electron chi connectivity index (χ3n) is 4.82. The summed E-state index contributed by atoms with van der Waals surface area (Å²) in [6, 6.07) is 5.77. The molecule has 5 heteroatoms. The van der Waals surface area contributed by atoms with Crippen molar-refractivity contribution in [3.05, 3.63) is 23.8 Å². The van der Waals surface area contributed by atoms with Gasteiger partial charge in [0.15, 0.2) is 0 Å².